The molecule has 0 spiro atoms. The van der Waals surface area contributed by atoms with Gasteiger partial charge in [0.1, 0.15) is 11.3 Å². The SMILES string of the molecule is COCCCN(Cc1c(O)ccc2c3c(c(=O)oc12)CCC3)CC1CCCN2CCCCC12. The number of hydrogen-bond donors (Lipinski definition) is 1. The van der Waals surface area contributed by atoms with Gasteiger partial charge in [0.05, 0.1) is 5.56 Å². The molecule has 2 saturated heterocycles. The molecule has 0 saturated carbocycles. The number of aromatic hydroxyl groups is 1. The second kappa shape index (κ2) is 10.2. The molecule has 0 bridgehead atoms. The summed E-state index contributed by atoms with van der Waals surface area (Å²) < 4.78 is 11.2. The molecular weight excluding hydrogens is 416 g/mol. The highest BCUT2D eigenvalue weighted by atomic mass is 16.5. The lowest BCUT2D eigenvalue weighted by atomic mass is 9.83. The minimum atomic E-state index is -0.224. The van der Waals surface area contributed by atoms with E-state index >= 15 is 0 Å². The summed E-state index contributed by atoms with van der Waals surface area (Å²) in [7, 11) is 1.75. The van der Waals surface area contributed by atoms with E-state index in [0.29, 0.717) is 24.1 Å². The number of ether oxygens (including phenoxy) is 1. The van der Waals surface area contributed by atoms with Crippen LogP contribution in [0.2, 0.25) is 0 Å². The number of phenols is 1. The Balaban J connectivity index is 1.43. The van der Waals surface area contributed by atoms with E-state index < -0.39 is 0 Å². The second-order valence-corrected chi connectivity index (χ2v) is 10.2. The van der Waals surface area contributed by atoms with E-state index in [1.807, 2.05) is 6.07 Å². The maximum absolute atomic E-state index is 12.7. The van der Waals surface area contributed by atoms with E-state index in [9.17, 15) is 9.90 Å². The van der Waals surface area contributed by atoms with Gasteiger partial charge in [0.2, 0.25) is 0 Å². The lowest BCUT2D eigenvalue weighted by Gasteiger charge is -2.45. The number of hydrogen-bond acceptors (Lipinski definition) is 6. The monoisotopic (exact) mass is 454 g/mol. The number of aryl methyl sites for hydroxylation is 1. The summed E-state index contributed by atoms with van der Waals surface area (Å²) in [5.74, 6) is 0.873. The molecule has 1 N–H and O–H groups in total. The highest BCUT2D eigenvalue weighted by Crippen LogP contribution is 2.35. The first-order valence-electron chi connectivity index (χ1n) is 12.9. The predicted octanol–water partition coefficient (Wildman–Crippen LogP) is 4.09. The van der Waals surface area contributed by atoms with Crippen molar-refractivity contribution in [2.45, 2.75) is 70.4 Å². The van der Waals surface area contributed by atoms with Gasteiger partial charge < -0.3 is 19.2 Å². The number of rotatable bonds is 8. The first-order chi connectivity index (χ1) is 16.2. The molecule has 1 aliphatic carbocycles. The number of fused-ring (bicyclic) bond motifs is 4. The molecule has 2 aliphatic heterocycles. The van der Waals surface area contributed by atoms with E-state index in [0.717, 1.165) is 67.5 Å². The smallest absolute Gasteiger partial charge is 0.339 e. The van der Waals surface area contributed by atoms with E-state index in [1.165, 1.54) is 45.2 Å². The number of methoxy groups -OCH3 is 1. The van der Waals surface area contributed by atoms with Crippen molar-refractivity contribution < 1.29 is 14.3 Å². The molecule has 1 aromatic heterocycles. The van der Waals surface area contributed by atoms with Crippen LogP contribution >= 0.6 is 0 Å². The Kier molecular flexibility index (Phi) is 7.05. The zero-order chi connectivity index (χ0) is 22.8. The fraction of sp³-hybridized carbons (Fsp3) is 0.667. The lowest BCUT2D eigenvalue weighted by molar-refractivity contribution is 0.0372. The zero-order valence-corrected chi connectivity index (χ0v) is 20.0. The van der Waals surface area contributed by atoms with Gasteiger partial charge in [-0.1, -0.05) is 6.42 Å². The average Bonchev–Trinajstić information content (AvgIpc) is 3.32. The summed E-state index contributed by atoms with van der Waals surface area (Å²) in [5.41, 5.74) is 3.07. The normalized spacial score (nSPS) is 23.2. The Morgan fingerprint density at radius 2 is 1.97 bits per heavy atom. The van der Waals surface area contributed by atoms with Crippen LogP contribution < -0.4 is 5.63 Å². The van der Waals surface area contributed by atoms with Crippen molar-refractivity contribution >= 4 is 11.0 Å². The first kappa shape index (κ1) is 22.9. The lowest BCUT2D eigenvalue weighted by Crippen LogP contribution is -2.51. The van der Waals surface area contributed by atoms with Crippen LogP contribution in [0.25, 0.3) is 11.0 Å². The minimum absolute atomic E-state index is 0.224. The third kappa shape index (κ3) is 4.71. The van der Waals surface area contributed by atoms with Gasteiger partial charge in [-0.15, -0.1) is 0 Å². The van der Waals surface area contributed by atoms with E-state index in [-0.39, 0.29) is 11.4 Å². The minimum Gasteiger partial charge on any atom is -0.507 e. The molecule has 180 valence electrons. The molecule has 6 nitrogen and oxygen atoms in total. The Morgan fingerprint density at radius 1 is 1.12 bits per heavy atom. The average molecular weight is 455 g/mol. The molecular formula is C27H38N2O4. The summed E-state index contributed by atoms with van der Waals surface area (Å²) in [4.78, 5) is 17.8. The third-order valence-electron chi connectivity index (χ3n) is 8.15. The standard InChI is InChI=1S/C27H38N2O4/c1-32-16-6-13-28(17-19-7-5-15-29-14-3-2-10-24(19)29)18-23-25(30)12-11-21-20-8-4-9-22(20)27(31)33-26(21)23/h11-12,19,24,30H,2-10,13-18H2,1H3. The topological polar surface area (TPSA) is 66.2 Å². The van der Waals surface area contributed by atoms with Crippen LogP contribution in [0.3, 0.4) is 0 Å². The van der Waals surface area contributed by atoms with Gasteiger partial charge in [-0.25, -0.2) is 4.79 Å². The summed E-state index contributed by atoms with van der Waals surface area (Å²) in [5, 5.41) is 11.8. The van der Waals surface area contributed by atoms with Gasteiger partial charge in [0, 0.05) is 50.3 Å². The van der Waals surface area contributed by atoms with Crippen molar-refractivity contribution in [2.75, 3.05) is 39.9 Å². The van der Waals surface area contributed by atoms with Gasteiger partial charge in [0.25, 0.3) is 0 Å². The van der Waals surface area contributed by atoms with Crippen LogP contribution in [0.5, 0.6) is 5.75 Å². The molecule has 1 aromatic carbocycles. The van der Waals surface area contributed by atoms with Crippen LogP contribution in [0.15, 0.2) is 21.3 Å². The van der Waals surface area contributed by atoms with Crippen molar-refractivity contribution in [1.82, 2.24) is 9.80 Å². The molecule has 0 radical (unpaired) electrons. The zero-order valence-electron chi connectivity index (χ0n) is 20.0. The van der Waals surface area contributed by atoms with Crippen LogP contribution in [-0.2, 0) is 24.1 Å². The molecule has 5 rings (SSSR count). The van der Waals surface area contributed by atoms with Crippen LogP contribution in [0.1, 0.15) is 61.6 Å². The van der Waals surface area contributed by atoms with E-state index in [1.54, 1.807) is 13.2 Å². The van der Waals surface area contributed by atoms with E-state index in [4.69, 9.17) is 9.15 Å². The highest BCUT2D eigenvalue weighted by molar-refractivity contribution is 5.86. The van der Waals surface area contributed by atoms with Crippen LogP contribution in [0, 0.1) is 5.92 Å². The quantitative estimate of drug-likeness (QED) is 0.479. The maximum atomic E-state index is 12.7. The van der Waals surface area contributed by atoms with Crippen molar-refractivity contribution in [3.63, 3.8) is 0 Å². The molecule has 3 aliphatic rings. The van der Waals surface area contributed by atoms with Gasteiger partial charge in [-0.2, -0.15) is 0 Å². The molecule has 2 unspecified atom stereocenters. The number of phenolic OH excluding ortho intramolecular Hbond substituents is 1. The van der Waals surface area contributed by atoms with E-state index in [2.05, 4.69) is 9.80 Å². The number of nitrogens with zero attached hydrogens (tertiary/aromatic N) is 2. The Hall–Kier alpha value is -1.89. The highest BCUT2D eigenvalue weighted by Gasteiger charge is 2.34. The predicted molar refractivity (Wildman–Crippen MR) is 130 cm³/mol. The van der Waals surface area contributed by atoms with Crippen LogP contribution in [-0.4, -0.2) is 60.8 Å². The summed E-state index contributed by atoms with van der Waals surface area (Å²) in [6.07, 6.45) is 10.2. The van der Waals surface area contributed by atoms with Crippen molar-refractivity contribution in [3.05, 3.63) is 39.2 Å². The molecule has 3 heterocycles. The van der Waals surface area contributed by atoms with Crippen molar-refractivity contribution in [3.8, 4) is 5.75 Å². The molecule has 33 heavy (non-hydrogen) atoms. The largest absolute Gasteiger partial charge is 0.507 e. The number of benzene rings is 1. The molecule has 2 fully saturated rings. The van der Waals surface area contributed by atoms with Crippen molar-refractivity contribution in [2.24, 2.45) is 5.92 Å². The summed E-state index contributed by atoms with van der Waals surface area (Å²) >= 11 is 0. The fourth-order valence-corrected chi connectivity index (χ4v) is 6.56. The Morgan fingerprint density at radius 3 is 2.85 bits per heavy atom. The fourth-order valence-electron chi connectivity index (χ4n) is 6.56. The Labute approximate surface area is 196 Å². The molecule has 2 atom stereocenters. The molecule has 0 amide bonds. The van der Waals surface area contributed by atoms with Gasteiger partial charge in [0.15, 0.2) is 0 Å². The van der Waals surface area contributed by atoms with Gasteiger partial charge in [-0.05, 0) is 88.1 Å². The number of piperidine rings is 2. The third-order valence-corrected chi connectivity index (χ3v) is 8.15. The Bertz CT molecular complexity index is 1030. The first-order valence-corrected chi connectivity index (χ1v) is 12.9. The molecule has 2 aromatic rings. The molecule has 6 heteroatoms. The maximum Gasteiger partial charge on any atom is 0.339 e. The van der Waals surface area contributed by atoms with Crippen molar-refractivity contribution in [1.29, 1.82) is 0 Å². The van der Waals surface area contributed by atoms with Crippen LogP contribution in [0.4, 0.5) is 0 Å². The second-order valence-electron chi connectivity index (χ2n) is 10.2. The van der Waals surface area contributed by atoms with Gasteiger partial charge in [-0.3, -0.25) is 4.90 Å². The summed E-state index contributed by atoms with van der Waals surface area (Å²) in [6.45, 7) is 5.72. The summed E-state index contributed by atoms with van der Waals surface area (Å²) in [6, 6.07) is 4.39. The van der Waals surface area contributed by atoms with Gasteiger partial charge >= 0.3 is 5.63 Å².